The van der Waals surface area contributed by atoms with Gasteiger partial charge in [-0.15, -0.1) is 0 Å². The van der Waals surface area contributed by atoms with E-state index in [0.717, 1.165) is 17.1 Å². The average molecular weight is 350 g/mol. The van der Waals surface area contributed by atoms with E-state index in [9.17, 15) is 4.79 Å². The summed E-state index contributed by atoms with van der Waals surface area (Å²) in [5.41, 5.74) is 3.77. The highest BCUT2D eigenvalue weighted by molar-refractivity contribution is 5.93. The molecule has 26 heavy (non-hydrogen) atoms. The summed E-state index contributed by atoms with van der Waals surface area (Å²) in [6.07, 6.45) is 5.09. The second-order valence-electron chi connectivity index (χ2n) is 7.23. The fourth-order valence-corrected chi connectivity index (χ4v) is 2.39. The van der Waals surface area contributed by atoms with Crippen molar-refractivity contribution in [1.29, 1.82) is 0 Å². The number of pyridine rings is 1. The Morgan fingerprint density at radius 1 is 1.00 bits per heavy atom. The monoisotopic (exact) mass is 350 g/mol. The molecule has 7 heteroatoms. The lowest BCUT2D eigenvalue weighted by Gasteiger charge is -2.19. The minimum atomic E-state index is -0.351. The number of rotatable bonds is 3. The van der Waals surface area contributed by atoms with Gasteiger partial charge < -0.3 is 5.32 Å². The molecule has 0 aliphatic carbocycles. The highest BCUT2D eigenvalue weighted by Crippen LogP contribution is 2.22. The zero-order valence-corrected chi connectivity index (χ0v) is 15.6. The summed E-state index contributed by atoms with van der Waals surface area (Å²) < 4.78 is 1.67. The largest absolute Gasteiger partial charge is 0.346 e. The van der Waals surface area contributed by atoms with Crippen LogP contribution >= 0.6 is 0 Å². The molecule has 1 amide bonds. The maximum absolute atomic E-state index is 12.6. The lowest BCUT2D eigenvalue weighted by atomic mass is 10.1. The number of hydrogen-bond acceptors (Lipinski definition) is 5. The fourth-order valence-electron chi connectivity index (χ4n) is 2.39. The van der Waals surface area contributed by atoms with Crippen LogP contribution in [0.3, 0.4) is 0 Å². The molecule has 134 valence electrons. The van der Waals surface area contributed by atoms with E-state index in [2.05, 4.69) is 25.4 Å². The molecule has 0 aliphatic rings. The Kier molecular flexibility index (Phi) is 4.54. The molecular formula is C19H22N6O. The molecule has 0 fully saturated rings. The molecule has 0 bridgehead atoms. The van der Waals surface area contributed by atoms with Gasteiger partial charge in [0, 0.05) is 17.4 Å². The van der Waals surface area contributed by atoms with E-state index in [1.165, 1.54) is 0 Å². The number of carbonyl (C=O) groups is 1. The average Bonchev–Trinajstić information content (AvgIpc) is 3.00. The molecule has 0 spiro atoms. The molecule has 0 saturated heterocycles. The third-order valence-corrected chi connectivity index (χ3v) is 3.61. The summed E-state index contributed by atoms with van der Waals surface area (Å²) in [6, 6.07) is 5.53. The van der Waals surface area contributed by atoms with Gasteiger partial charge in [-0.2, -0.15) is 5.10 Å². The maximum Gasteiger partial charge on any atom is 0.272 e. The van der Waals surface area contributed by atoms with Gasteiger partial charge in [-0.1, -0.05) is 0 Å². The van der Waals surface area contributed by atoms with Crippen LogP contribution in [0, 0.1) is 13.8 Å². The summed E-state index contributed by atoms with van der Waals surface area (Å²) >= 11 is 0. The quantitative estimate of drug-likeness (QED) is 0.785. The molecule has 3 aromatic rings. The van der Waals surface area contributed by atoms with Crippen LogP contribution < -0.4 is 5.32 Å². The Bertz CT molecular complexity index is 857. The maximum atomic E-state index is 12.6. The lowest BCUT2D eigenvalue weighted by molar-refractivity contribution is 0.0914. The van der Waals surface area contributed by atoms with Gasteiger partial charge in [-0.3, -0.25) is 19.7 Å². The van der Waals surface area contributed by atoms with Crippen molar-refractivity contribution in [2.24, 2.45) is 0 Å². The van der Waals surface area contributed by atoms with Gasteiger partial charge in [0.15, 0.2) is 5.69 Å². The lowest BCUT2D eigenvalue weighted by Crippen LogP contribution is -2.40. The third-order valence-electron chi connectivity index (χ3n) is 3.61. The Labute approximate surface area is 152 Å². The van der Waals surface area contributed by atoms with Gasteiger partial charge in [-0.05, 0) is 52.8 Å². The van der Waals surface area contributed by atoms with Gasteiger partial charge >= 0.3 is 0 Å². The first-order chi connectivity index (χ1) is 12.2. The summed E-state index contributed by atoms with van der Waals surface area (Å²) in [5.74, 6) is -0.238. The van der Waals surface area contributed by atoms with Crippen molar-refractivity contribution in [2.75, 3.05) is 0 Å². The van der Waals surface area contributed by atoms with Crippen molar-refractivity contribution in [3.63, 3.8) is 0 Å². The van der Waals surface area contributed by atoms with Gasteiger partial charge in [0.05, 0.1) is 29.5 Å². The molecule has 0 aliphatic heterocycles. The zero-order chi connectivity index (χ0) is 18.9. The van der Waals surface area contributed by atoms with Crippen LogP contribution in [0.25, 0.3) is 17.1 Å². The predicted octanol–water partition coefficient (Wildman–Crippen LogP) is 2.87. The normalized spacial score (nSPS) is 11.4. The first-order valence-electron chi connectivity index (χ1n) is 8.37. The van der Waals surface area contributed by atoms with E-state index in [1.807, 2.05) is 46.8 Å². The highest BCUT2D eigenvalue weighted by atomic mass is 16.2. The standard InChI is InChI=1S/C19H22N6O/c1-12-6-7-14(10-20-12)25-17(16-11-21-13(2)9-22-16)8-15(24-25)18(26)23-19(3,4)5/h6-11H,1-5H3,(H,23,26). The van der Waals surface area contributed by atoms with Crippen molar-refractivity contribution >= 4 is 5.91 Å². The SMILES string of the molecule is Cc1ccc(-n2nc(C(=O)NC(C)(C)C)cc2-c2cnc(C)cn2)cn1. The van der Waals surface area contributed by atoms with Gasteiger partial charge in [-0.25, -0.2) is 4.68 Å². The van der Waals surface area contributed by atoms with Crippen LogP contribution in [0.1, 0.15) is 42.6 Å². The van der Waals surface area contributed by atoms with E-state index in [-0.39, 0.29) is 11.4 Å². The molecule has 0 aromatic carbocycles. The number of hydrogen-bond donors (Lipinski definition) is 1. The van der Waals surface area contributed by atoms with E-state index in [0.29, 0.717) is 17.1 Å². The molecule has 0 atom stereocenters. The number of aromatic nitrogens is 5. The Morgan fingerprint density at radius 2 is 1.73 bits per heavy atom. The van der Waals surface area contributed by atoms with Crippen LogP contribution in [-0.2, 0) is 0 Å². The number of nitrogens with one attached hydrogen (secondary N) is 1. The number of carbonyl (C=O) groups excluding carboxylic acids is 1. The third kappa shape index (κ3) is 3.93. The molecule has 3 rings (SSSR count). The zero-order valence-electron chi connectivity index (χ0n) is 15.6. The summed E-state index contributed by atoms with van der Waals surface area (Å²) in [6.45, 7) is 9.58. The predicted molar refractivity (Wildman–Crippen MR) is 99.1 cm³/mol. The first-order valence-corrected chi connectivity index (χ1v) is 8.37. The van der Waals surface area contributed by atoms with Crippen molar-refractivity contribution in [1.82, 2.24) is 30.0 Å². The van der Waals surface area contributed by atoms with Gasteiger partial charge in [0.25, 0.3) is 5.91 Å². The molecule has 0 unspecified atom stereocenters. The molecule has 1 N–H and O–H groups in total. The number of aryl methyl sites for hydroxylation is 2. The van der Waals surface area contributed by atoms with Crippen LogP contribution in [0.2, 0.25) is 0 Å². The highest BCUT2D eigenvalue weighted by Gasteiger charge is 2.21. The summed E-state index contributed by atoms with van der Waals surface area (Å²) in [5, 5.41) is 7.42. The number of nitrogens with zero attached hydrogens (tertiary/aromatic N) is 5. The van der Waals surface area contributed by atoms with E-state index >= 15 is 0 Å². The molecule has 0 saturated carbocycles. The Morgan fingerprint density at radius 3 is 2.31 bits per heavy atom. The molecular weight excluding hydrogens is 328 g/mol. The second kappa shape index (κ2) is 6.67. The molecule has 7 nitrogen and oxygen atoms in total. The fraction of sp³-hybridized carbons (Fsp3) is 0.316. The van der Waals surface area contributed by atoms with Crippen LogP contribution in [0.15, 0.2) is 36.8 Å². The minimum absolute atomic E-state index is 0.238. The van der Waals surface area contributed by atoms with Crippen molar-refractivity contribution < 1.29 is 4.79 Å². The summed E-state index contributed by atoms with van der Waals surface area (Å²) in [4.78, 5) is 25.6. The van der Waals surface area contributed by atoms with Crippen LogP contribution in [-0.4, -0.2) is 36.2 Å². The van der Waals surface area contributed by atoms with Crippen LogP contribution in [0.5, 0.6) is 0 Å². The van der Waals surface area contributed by atoms with Gasteiger partial charge in [0.1, 0.15) is 5.69 Å². The van der Waals surface area contributed by atoms with Crippen molar-refractivity contribution in [3.8, 4) is 17.1 Å². The number of amides is 1. The molecule has 3 heterocycles. The first kappa shape index (κ1) is 17.7. The topological polar surface area (TPSA) is 85.6 Å². The molecule has 0 radical (unpaired) electrons. The van der Waals surface area contributed by atoms with E-state index in [4.69, 9.17) is 0 Å². The Balaban J connectivity index is 2.09. The van der Waals surface area contributed by atoms with E-state index in [1.54, 1.807) is 29.3 Å². The Hall–Kier alpha value is -3.09. The van der Waals surface area contributed by atoms with Crippen molar-refractivity contribution in [2.45, 2.75) is 40.2 Å². The second-order valence-corrected chi connectivity index (χ2v) is 7.23. The smallest absolute Gasteiger partial charge is 0.272 e. The minimum Gasteiger partial charge on any atom is -0.346 e. The summed E-state index contributed by atoms with van der Waals surface area (Å²) in [7, 11) is 0. The van der Waals surface area contributed by atoms with E-state index < -0.39 is 0 Å². The van der Waals surface area contributed by atoms with Crippen molar-refractivity contribution in [3.05, 3.63) is 53.9 Å². The van der Waals surface area contributed by atoms with Gasteiger partial charge in [0.2, 0.25) is 0 Å². The molecule has 3 aromatic heterocycles. The van der Waals surface area contributed by atoms with Crippen LogP contribution in [0.4, 0.5) is 0 Å².